The van der Waals surface area contributed by atoms with Crippen LogP contribution < -0.4 is 0 Å². The average Bonchev–Trinajstić information content (AvgIpc) is 2.33. The third-order valence-electron chi connectivity index (χ3n) is 1.000. The smallest absolute Gasteiger partial charge is 0.0500 e. The SMILES string of the molecule is CC.CC.CC(C)C.CCCC.CCCC. The van der Waals surface area contributed by atoms with Gasteiger partial charge in [-0.25, -0.2) is 0 Å². The molecule has 0 aliphatic rings. The van der Waals surface area contributed by atoms with Crippen LogP contribution in [0.25, 0.3) is 0 Å². The molecule has 0 unspecified atom stereocenters. The molecule has 0 rings (SSSR count). The summed E-state index contributed by atoms with van der Waals surface area (Å²) in [6, 6.07) is 0. The Morgan fingerprint density at radius 3 is 0.562 bits per heavy atom. The zero-order valence-corrected chi connectivity index (χ0v) is 14.4. The van der Waals surface area contributed by atoms with E-state index in [0.717, 1.165) is 5.92 Å². The predicted octanol–water partition coefficient (Wildman–Crippen LogP) is 7.33. The molecular formula is C16H42. The first-order chi connectivity index (χ1) is 7.56. The van der Waals surface area contributed by atoms with Crippen molar-refractivity contribution in [3.63, 3.8) is 0 Å². The van der Waals surface area contributed by atoms with Crippen molar-refractivity contribution in [2.45, 2.75) is 102 Å². The number of hydrogen-bond donors (Lipinski definition) is 0. The first kappa shape index (κ1) is 29.8. The van der Waals surface area contributed by atoms with E-state index in [4.69, 9.17) is 0 Å². The van der Waals surface area contributed by atoms with Gasteiger partial charge in [0.2, 0.25) is 0 Å². The van der Waals surface area contributed by atoms with E-state index in [1.54, 1.807) is 0 Å². The summed E-state index contributed by atoms with van der Waals surface area (Å²) in [5, 5.41) is 0. The van der Waals surface area contributed by atoms with Crippen LogP contribution in [0.5, 0.6) is 0 Å². The Bertz CT molecular complexity index is 26.5. The molecule has 0 saturated carbocycles. The minimum absolute atomic E-state index is 0.833. The number of unbranched alkanes of at least 4 members (excludes halogenated alkanes) is 2. The van der Waals surface area contributed by atoms with E-state index in [9.17, 15) is 0 Å². The third-order valence-corrected chi connectivity index (χ3v) is 1.000. The van der Waals surface area contributed by atoms with E-state index in [-0.39, 0.29) is 0 Å². The lowest BCUT2D eigenvalue weighted by Crippen LogP contribution is -1.66. The Balaban J connectivity index is -0.0000000327. The first-order valence-corrected chi connectivity index (χ1v) is 7.56. The Hall–Kier alpha value is 0. The normalized spacial score (nSPS) is 6.75. The van der Waals surface area contributed by atoms with Crippen LogP contribution >= 0.6 is 0 Å². The Labute approximate surface area is 108 Å². The summed E-state index contributed by atoms with van der Waals surface area (Å²) in [5.41, 5.74) is 0. The van der Waals surface area contributed by atoms with Gasteiger partial charge in [-0.1, -0.05) is 102 Å². The van der Waals surface area contributed by atoms with Crippen molar-refractivity contribution in [1.82, 2.24) is 0 Å². The molecule has 0 atom stereocenters. The van der Waals surface area contributed by atoms with Crippen molar-refractivity contribution in [3.8, 4) is 0 Å². The molecule has 0 fully saturated rings. The van der Waals surface area contributed by atoms with E-state index in [1.807, 2.05) is 27.7 Å². The van der Waals surface area contributed by atoms with Gasteiger partial charge in [0.25, 0.3) is 0 Å². The van der Waals surface area contributed by atoms with Crippen molar-refractivity contribution in [1.29, 1.82) is 0 Å². The lowest BCUT2D eigenvalue weighted by atomic mass is 10.3. The van der Waals surface area contributed by atoms with Crippen LogP contribution in [-0.2, 0) is 0 Å². The molecule has 16 heavy (non-hydrogen) atoms. The summed E-state index contributed by atoms with van der Waals surface area (Å²) < 4.78 is 0. The maximum absolute atomic E-state index is 2.18. The average molecular weight is 235 g/mol. The fraction of sp³-hybridized carbons (Fsp3) is 1.00. The largest absolute Gasteiger partial charge is 0.0683 e. The van der Waals surface area contributed by atoms with Crippen LogP contribution in [0.15, 0.2) is 0 Å². The van der Waals surface area contributed by atoms with Crippen molar-refractivity contribution >= 4 is 0 Å². The highest BCUT2D eigenvalue weighted by Crippen LogP contribution is 1.81. The maximum atomic E-state index is 2.18. The van der Waals surface area contributed by atoms with E-state index in [2.05, 4.69) is 48.5 Å². The van der Waals surface area contributed by atoms with Crippen molar-refractivity contribution < 1.29 is 0 Å². The maximum Gasteiger partial charge on any atom is -0.0500 e. The van der Waals surface area contributed by atoms with E-state index >= 15 is 0 Å². The zero-order chi connectivity index (χ0) is 14.4. The molecule has 0 bridgehead atoms. The highest BCUT2D eigenvalue weighted by atomic mass is 13.7. The van der Waals surface area contributed by atoms with Gasteiger partial charge >= 0.3 is 0 Å². The summed E-state index contributed by atoms with van der Waals surface area (Å²) in [7, 11) is 0. The first-order valence-electron chi connectivity index (χ1n) is 7.56. The molecule has 0 spiro atoms. The highest BCUT2D eigenvalue weighted by molar-refractivity contribution is 4.20. The van der Waals surface area contributed by atoms with E-state index in [1.165, 1.54) is 25.7 Å². The molecule has 0 aromatic carbocycles. The monoisotopic (exact) mass is 234 g/mol. The minimum atomic E-state index is 0.833. The summed E-state index contributed by atoms with van der Waals surface area (Å²) in [4.78, 5) is 0. The van der Waals surface area contributed by atoms with Gasteiger partial charge in [-0.05, 0) is 5.92 Å². The van der Waals surface area contributed by atoms with Crippen molar-refractivity contribution in [3.05, 3.63) is 0 Å². The van der Waals surface area contributed by atoms with Gasteiger partial charge in [0.05, 0.1) is 0 Å². The molecule has 0 amide bonds. The summed E-state index contributed by atoms with van der Waals surface area (Å²) in [6.45, 7) is 23.2. The van der Waals surface area contributed by atoms with Gasteiger partial charge in [0.1, 0.15) is 0 Å². The minimum Gasteiger partial charge on any atom is -0.0683 e. The quantitative estimate of drug-likeness (QED) is 0.469. The lowest BCUT2D eigenvalue weighted by molar-refractivity contribution is 0.737. The van der Waals surface area contributed by atoms with Crippen LogP contribution in [0.2, 0.25) is 0 Å². The van der Waals surface area contributed by atoms with Crippen molar-refractivity contribution in [2.75, 3.05) is 0 Å². The Morgan fingerprint density at radius 1 is 0.500 bits per heavy atom. The molecule has 0 N–H and O–H groups in total. The van der Waals surface area contributed by atoms with Gasteiger partial charge in [-0.3, -0.25) is 0 Å². The molecule has 0 aliphatic heterocycles. The predicted molar refractivity (Wildman–Crippen MR) is 84.4 cm³/mol. The molecule has 0 heteroatoms. The highest BCUT2D eigenvalue weighted by Gasteiger charge is 1.68. The zero-order valence-electron chi connectivity index (χ0n) is 14.4. The topological polar surface area (TPSA) is 0 Å². The van der Waals surface area contributed by atoms with Crippen LogP contribution in [0.1, 0.15) is 102 Å². The molecule has 106 valence electrons. The summed E-state index contributed by atoms with van der Waals surface area (Å²) in [6.07, 6.45) is 5.28. The molecule has 0 aromatic rings. The second-order valence-electron chi connectivity index (χ2n) is 3.73. The van der Waals surface area contributed by atoms with Gasteiger partial charge in [0, 0.05) is 0 Å². The molecule has 0 aromatic heterocycles. The second kappa shape index (κ2) is 60.0. The fourth-order valence-corrected chi connectivity index (χ4v) is 0. The Morgan fingerprint density at radius 2 is 0.562 bits per heavy atom. The molecule has 0 aliphatic carbocycles. The molecule has 0 heterocycles. The van der Waals surface area contributed by atoms with Gasteiger partial charge in [0.15, 0.2) is 0 Å². The summed E-state index contributed by atoms with van der Waals surface area (Å²) in [5.74, 6) is 0.833. The standard InChI is InChI=1S/3C4H10.2C2H6/c1-4(2)3;2*1-3-4-2;2*1-2/h4H,1-3H3;2*3-4H2,1-2H3;2*1-2H3. The van der Waals surface area contributed by atoms with Gasteiger partial charge in [-0.15, -0.1) is 0 Å². The second-order valence-corrected chi connectivity index (χ2v) is 3.73. The molecule has 0 nitrogen and oxygen atoms in total. The van der Waals surface area contributed by atoms with Crippen LogP contribution in [-0.4, -0.2) is 0 Å². The van der Waals surface area contributed by atoms with E-state index in [0.29, 0.717) is 0 Å². The molecular weight excluding hydrogens is 192 g/mol. The van der Waals surface area contributed by atoms with Crippen molar-refractivity contribution in [2.24, 2.45) is 5.92 Å². The number of hydrogen-bond acceptors (Lipinski definition) is 0. The molecule has 0 saturated heterocycles. The van der Waals surface area contributed by atoms with Gasteiger partial charge in [-0.2, -0.15) is 0 Å². The number of rotatable bonds is 2. The molecule has 0 radical (unpaired) electrons. The van der Waals surface area contributed by atoms with Crippen LogP contribution in [0.3, 0.4) is 0 Å². The fourth-order valence-electron chi connectivity index (χ4n) is 0. The Kier molecular flexibility index (Phi) is 112. The third kappa shape index (κ3) is 592. The van der Waals surface area contributed by atoms with Crippen LogP contribution in [0, 0.1) is 5.92 Å². The van der Waals surface area contributed by atoms with E-state index < -0.39 is 0 Å². The van der Waals surface area contributed by atoms with Gasteiger partial charge < -0.3 is 0 Å². The van der Waals surface area contributed by atoms with Crippen LogP contribution in [0.4, 0.5) is 0 Å². The lowest BCUT2D eigenvalue weighted by Gasteiger charge is -1.79. The summed E-state index contributed by atoms with van der Waals surface area (Å²) >= 11 is 0.